The minimum absolute atomic E-state index is 0.232. The molecule has 26 heavy (non-hydrogen) atoms. The summed E-state index contributed by atoms with van der Waals surface area (Å²) < 4.78 is 15.4. The standard InChI is InChI=1S/C19H19NO6/c1-3-25-19(23)15-6-4-5-7-16(15)20-18(22)12-26-17-9-8-14(24-2)10-13(17)11-21/h4-11H,3,12H2,1-2H3,(H,20,22). The summed E-state index contributed by atoms with van der Waals surface area (Å²) >= 11 is 0. The zero-order valence-corrected chi connectivity index (χ0v) is 14.5. The lowest BCUT2D eigenvalue weighted by molar-refractivity contribution is -0.118. The number of amides is 1. The van der Waals surface area contributed by atoms with Crippen molar-refractivity contribution < 1.29 is 28.6 Å². The van der Waals surface area contributed by atoms with Crippen LogP contribution in [0.3, 0.4) is 0 Å². The quantitative estimate of drug-likeness (QED) is 0.577. The van der Waals surface area contributed by atoms with Gasteiger partial charge in [-0.3, -0.25) is 9.59 Å². The lowest BCUT2D eigenvalue weighted by Crippen LogP contribution is -2.22. The summed E-state index contributed by atoms with van der Waals surface area (Å²) in [5.41, 5.74) is 0.842. The number of nitrogens with one attached hydrogen (secondary N) is 1. The van der Waals surface area contributed by atoms with Crippen LogP contribution in [0.4, 0.5) is 5.69 Å². The second-order valence-corrected chi connectivity index (χ2v) is 5.12. The van der Waals surface area contributed by atoms with Crippen molar-refractivity contribution in [1.82, 2.24) is 0 Å². The number of anilines is 1. The van der Waals surface area contributed by atoms with Crippen LogP contribution in [0.25, 0.3) is 0 Å². The number of rotatable bonds is 8. The van der Waals surface area contributed by atoms with E-state index in [4.69, 9.17) is 14.2 Å². The molecule has 0 bridgehead atoms. The highest BCUT2D eigenvalue weighted by atomic mass is 16.5. The molecule has 0 atom stereocenters. The molecule has 0 saturated heterocycles. The van der Waals surface area contributed by atoms with Gasteiger partial charge in [-0.25, -0.2) is 4.79 Å². The summed E-state index contributed by atoms with van der Waals surface area (Å²) in [6, 6.07) is 11.2. The second kappa shape index (κ2) is 9.22. The monoisotopic (exact) mass is 357 g/mol. The molecule has 0 unspecified atom stereocenters. The van der Waals surface area contributed by atoms with E-state index in [0.29, 0.717) is 17.7 Å². The van der Waals surface area contributed by atoms with Gasteiger partial charge in [-0.05, 0) is 37.3 Å². The highest BCUT2D eigenvalue weighted by Gasteiger charge is 2.14. The Kier molecular flexibility index (Phi) is 6.73. The van der Waals surface area contributed by atoms with E-state index >= 15 is 0 Å². The predicted octanol–water partition coefficient (Wildman–Crippen LogP) is 2.70. The van der Waals surface area contributed by atoms with E-state index in [2.05, 4.69) is 5.32 Å². The number of esters is 1. The van der Waals surface area contributed by atoms with E-state index in [1.54, 1.807) is 43.3 Å². The number of aldehydes is 1. The van der Waals surface area contributed by atoms with Crippen molar-refractivity contribution in [3.8, 4) is 11.5 Å². The van der Waals surface area contributed by atoms with Crippen LogP contribution in [0, 0.1) is 0 Å². The van der Waals surface area contributed by atoms with Crippen molar-refractivity contribution in [1.29, 1.82) is 0 Å². The molecule has 136 valence electrons. The fourth-order valence-electron chi connectivity index (χ4n) is 2.19. The van der Waals surface area contributed by atoms with Crippen LogP contribution in [0.15, 0.2) is 42.5 Å². The molecule has 0 radical (unpaired) electrons. The number of carbonyl (C=O) groups excluding carboxylic acids is 3. The van der Waals surface area contributed by atoms with Crippen molar-refractivity contribution in [3.05, 3.63) is 53.6 Å². The predicted molar refractivity (Wildman–Crippen MR) is 94.9 cm³/mol. The average Bonchev–Trinajstić information content (AvgIpc) is 2.66. The largest absolute Gasteiger partial charge is 0.497 e. The van der Waals surface area contributed by atoms with Gasteiger partial charge in [0.1, 0.15) is 11.5 Å². The fourth-order valence-corrected chi connectivity index (χ4v) is 2.19. The molecule has 0 aliphatic heterocycles. The maximum absolute atomic E-state index is 12.1. The van der Waals surface area contributed by atoms with Gasteiger partial charge in [0, 0.05) is 0 Å². The van der Waals surface area contributed by atoms with E-state index in [9.17, 15) is 14.4 Å². The van der Waals surface area contributed by atoms with Crippen LogP contribution in [0.2, 0.25) is 0 Å². The molecule has 0 spiro atoms. The Morgan fingerprint density at radius 2 is 1.92 bits per heavy atom. The minimum atomic E-state index is -0.525. The van der Waals surface area contributed by atoms with Gasteiger partial charge in [-0.15, -0.1) is 0 Å². The number of carbonyl (C=O) groups is 3. The molecule has 0 fully saturated rings. The van der Waals surface area contributed by atoms with Gasteiger partial charge < -0.3 is 19.5 Å². The molecule has 0 heterocycles. The first kappa shape index (κ1) is 19.0. The molecular formula is C19H19NO6. The number of methoxy groups -OCH3 is 1. The van der Waals surface area contributed by atoms with Gasteiger partial charge >= 0.3 is 5.97 Å². The Labute approximate surface area is 150 Å². The van der Waals surface area contributed by atoms with Crippen LogP contribution in [0.1, 0.15) is 27.6 Å². The first-order chi connectivity index (χ1) is 12.6. The Morgan fingerprint density at radius 1 is 1.15 bits per heavy atom. The summed E-state index contributed by atoms with van der Waals surface area (Å²) in [5.74, 6) is -0.237. The van der Waals surface area contributed by atoms with Crippen LogP contribution in [0.5, 0.6) is 11.5 Å². The number of hydrogen-bond donors (Lipinski definition) is 1. The van der Waals surface area contributed by atoms with E-state index < -0.39 is 11.9 Å². The summed E-state index contributed by atoms with van der Waals surface area (Å²) in [6.45, 7) is 1.60. The number of hydrogen-bond acceptors (Lipinski definition) is 6. The highest BCUT2D eigenvalue weighted by molar-refractivity contribution is 6.01. The smallest absolute Gasteiger partial charge is 0.340 e. The Morgan fingerprint density at radius 3 is 2.62 bits per heavy atom. The van der Waals surface area contributed by atoms with Gasteiger partial charge in [-0.1, -0.05) is 12.1 Å². The molecule has 7 heteroatoms. The summed E-state index contributed by atoms with van der Waals surface area (Å²) in [4.78, 5) is 35.2. The van der Waals surface area contributed by atoms with Crippen molar-refractivity contribution in [2.24, 2.45) is 0 Å². The van der Waals surface area contributed by atoms with E-state index in [-0.39, 0.29) is 30.1 Å². The Bertz CT molecular complexity index is 802. The van der Waals surface area contributed by atoms with E-state index in [0.717, 1.165) is 0 Å². The van der Waals surface area contributed by atoms with Gasteiger partial charge in [0.25, 0.3) is 5.91 Å². The molecule has 0 aromatic heterocycles. The first-order valence-electron chi connectivity index (χ1n) is 7.91. The molecule has 1 N–H and O–H groups in total. The summed E-state index contributed by atoms with van der Waals surface area (Å²) in [5, 5.41) is 2.60. The maximum Gasteiger partial charge on any atom is 0.340 e. The molecule has 0 aliphatic rings. The summed E-state index contributed by atoms with van der Waals surface area (Å²) in [7, 11) is 1.49. The number of benzene rings is 2. The SMILES string of the molecule is CCOC(=O)c1ccccc1NC(=O)COc1ccc(OC)cc1C=O. The Hall–Kier alpha value is -3.35. The molecule has 1 amide bonds. The second-order valence-electron chi connectivity index (χ2n) is 5.12. The highest BCUT2D eigenvalue weighted by Crippen LogP contribution is 2.23. The van der Waals surface area contributed by atoms with E-state index in [1.165, 1.54) is 13.2 Å². The van der Waals surface area contributed by atoms with E-state index in [1.807, 2.05) is 0 Å². The van der Waals surface area contributed by atoms with Gasteiger partial charge in [0.2, 0.25) is 0 Å². The van der Waals surface area contributed by atoms with Crippen molar-refractivity contribution in [2.75, 3.05) is 25.6 Å². The van der Waals surface area contributed by atoms with Crippen molar-refractivity contribution >= 4 is 23.9 Å². The lowest BCUT2D eigenvalue weighted by Gasteiger charge is -2.12. The first-order valence-corrected chi connectivity index (χ1v) is 7.91. The van der Waals surface area contributed by atoms with Gasteiger partial charge in [0.15, 0.2) is 12.9 Å². The Balaban J connectivity index is 2.04. The maximum atomic E-state index is 12.1. The zero-order valence-electron chi connectivity index (χ0n) is 14.5. The molecule has 7 nitrogen and oxygen atoms in total. The number of ether oxygens (including phenoxy) is 3. The minimum Gasteiger partial charge on any atom is -0.497 e. The molecular weight excluding hydrogens is 338 g/mol. The molecule has 2 rings (SSSR count). The van der Waals surface area contributed by atoms with Gasteiger partial charge in [-0.2, -0.15) is 0 Å². The number of para-hydroxylation sites is 1. The third kappa shape index (κ3) is 4.83. The van der Waals surface area contributed by atoms with Crippen LogP contribution in [-0.2, 0) is 9.53 Å². The van der Waals surface area contributed by atoms with Crippen molar-refractivity contribution in [3.63, 3.8) is 0 Å². The van der Waals surface area contributed by atoms with Crippen LogP contribution in [-0.4, -0.2) is 38.5 Å². The normalized spacial score (nSPS) is 9.92. The van der Waals surface area contributed by atoms with Crippen LogP contribution >= 0.6 is 0 Å². The third-order valence-electron chi connectivity index (χ3n) is 3.40. The third-order valence-corrected chi connectivity index (χ3v) is 3.40. The topological polar surface area (TPSA) is 90.9 Å². The molecule has 0 aliphatic carbocycles. The van der Waals surface area contributed by atoms with Crippen molar-refractivity contribution in [2.45, 2.75) is 6.92 Å². The van der Waals surface area contributed by atoms with Crippen LogP contribution < -0.4 is 14.8 Å². The molecule has 2 aromatic carbocycles. The molecule has 0 saturated carbocycles. The molecule has 2 aromatic rings. The lowest BCUT2D eigenvalue weighted by atomic mass is 10.2. The fraction of sp³-hybridized carbons (Fsp3) is 0.211. The zero-order chi connectivity index (χ0) is 18.9. The summed E-state index contributed by atoms with van der Waals surface area (Å²) in [6.07, 6.45) is 0.617. The van der Waals surface area contributed by atoms with Gasteiger partial charge in [0.05, 0.1) is 30.5 Å². The average molecular weight is 357 g/mol.